The maximum atomic E-state index is 13.8. The highest BCUT2D eigenvalue weighted by Crippen LogP contribution is 2.36. The Morgan fingerprint density at radius 2 is 0.636 bits per heavy atom. The maximum absolute atomic E-state index is 13.8. The van der Waals surface area contributed by atoms with Gasteiger partial charge in [-0.1, -0.05) is 9.24 Å². The Kier molecular flexibility index (Phi) is 4.12. The summed E-state index contributed by atoms with van der Waals surface area (Å²) in [5.74, 6) is -21.5. The van der Waals surface area contributed by atoms with Crippen molar-refractivity contribution in [3.63, 3.8) is 0 Å². The van der Waals surface area contributed by atoms with Crippen LogP contribution in [-0.4, -0.2) is 0 Å². The topological polar surface area (TPSA) is 0 Å². The standard InChI is InChI=1S/C12H2F9P/c13-3-1(4(14)8(18)10(20)7(3)17)2-5(15)9(19)11(21)12(22)6(2)16/h22H2. The number of hydrogen-bond acceptors (Lipinski definition) is 0. The molecule has 0 aliphatic carbocycles. The summed E-state index contributed by atoms with van der Waals surface area (Å²) in [4.78, 5) is 0. The molecule has 0 radical (unpaired) electrons. The van der Waals surface area contributed by atoms with Gasteiger partial charge in [-0.2, -0.15) is 0 Å². The van der Waals surface area contributed by atoms with E-state index in [-0.39, 0.29) is 0 Å². The van der Waals surface area contributed by atoms with E-state index in [2.05, 4.69) is 0 Å². The molecule has 0 aromatic heterocycles. The largest absolute Gasteiger partial charge is 0.205 e. The van der Waals surface area contributed by atoms with Crippen LogP contribution in [0.25, 0.3) is 11.1 Å². The highest BCUT2D eigenvalue weighted by Gasteiger charge is 2.33. The van der Waals surface area contributed by atoms with Gasteiger partial charge in [-0.25, -0.2) is 39.5 Å². The van der Waals surface area contributed by atoms with E-state index in [1.165, 1.54) is 9.24 Å². The minimum Gasteiger partial charge on any atom is -0.205 e. The predicted molar refractivity (Wildman–Crippen MR) is 60.8 cm³/mol. The molecule has 0 nitrogen and oxygen atoms in total. The van der Waals surface area contributed by atoms with Gasteiger partial charge in [-0.15, -0.1) is 0 Å². The Labute approximate surface area is 118 Å². The van der Waals surface area contributed by atoms with Crippen LogP contribution >= 0.6 is 9.24 Å². The predicted octanol–water partition coefficient (Wildman–Crippen LogP) is 4.11. The Balaban J connectivity index is 3.03. The van der Waals surface area contributed by atoms with Crippen molar-refractivity contribution in [3.8, 4) is 11.1 Å². The number of benzene rings is 2. The smallest absolute Gasteiger partial charge is 0.200 e. The third kappa shape index (κ3) is 2.15. The molecule has 0 spiro atoms. The van der Waals surface area contributed by atoms with Crippen LogP contribution < -0.4 is 5.30 Å². The van der Waals surface area contributed by atoms with Gasteiger partial charge in [-0.3, -0.25) is 0 Å². The minimum atomic E-state index is -2.57. The van der Waals surface area contributed by atoms with Crippen molar-refractivity contribution >= 4 is 14.5 Å². The van der Waals surface area contributed by atoms with Gasteiger partial charge in [0, 0.05) is 5.30 Å². The molecule has 2 aromatic carbocycles. The van der Waals surface area contributed by atoms with Crippen LogP contribution in [0.15, 0.2) is 0 Å². The number of rotatable bonds is 1. The van der Waals surface area contributed by atoms with Gasteiger partial charge in [-0.05, 0) is 0 Å². The van der Waals surface area contributed by atoms with E-state index in [1.807, 2.05) is 0 Å². The van der Waals surface area contributed by atoms with Gasteiger partial charge < -0.3 is 0 Å². The van der Waals surface area contributed by atoms with Gasteiger partial charge in [0.15, 0.2) is 40.7 Å². The maximum Gasteiger partial charge on any atom is 0.200 e. The molecular formula is C12H2F9P. The third-order valence-electron chi connectivity index (χ3n) is 2.76. The van der Waals surface area contributed by atoms with E-state index in [1.54, 1.807) is 0 Å². The highest BCUT2D eigenvalue weighted by atomic mass is 31.0. The second-order valence-corrected chi connectivity index (χ2v) is 4.57. The summed E-state index contributed by atoms with van der Waals surface area (Å²) in [7, 11) is 1.29. The first kappa shape index (κ1) is 16.6. The average molecular weight is 348 g/mol. The van der Waals surface area contributed by atoms with Crippen molar-refractivity contribution in [1.82, 2.24) is 0 Å². The zero-order valence-corrected chi connectivity index (χ0v) is 11.1. The van der Waals surface area contributed by atoms with Gasteiger partial charge in [0.25, 0.3) is 0 Å². The van der Waals surface area contributed by atoms with Crippen molar-refractivity contribution < 1.29 is 39.5 Å². The van der Waals surface area contributed by atoms with E-state index in [9.17, 15) is 39.5 Å². The third-order valence-corrected chi connectivity index (χ3v) is 3.26. The molecule has 2 aromatic rings. The molecule has 1 unspecified atom stereocenters. The molecular weight excluding hydrogens is 346 g/mol. The van der Waals surface area contributed by atoms with E-state index in [0.29, 0.717) is 0 Å². The molecule has 0 saturated carbocycles. The molecule has 0 saturated heterocycles. The van der Waals surface area contributed by atoms with Crippen LogP contribution in [0.1, 0.15) is 0 Å². The fourth-order valence-corrected chi connectivity index (χ4v) is 1.97. The monoisotopic (exact) mass is 348 g/mol. The lowest BCUT2D eigenvalue weighted by Gasteiger charge is -2.12. The summed E-state index contributed by atoms with van der Waals surface area (Å²) in [6.45, 7) is 0. The van der Waals surface area contributed by atoms with E-state index in [4.69, 9.17) is 0 Å². The molecule has 0 aliphatic rings. The fourth-order valence-electron chi connectivity index (χ4n) is 1.70. The van der Waals surface area contributed by atoms with Crippen LogP contribution in [0.4, 0.5) is 39.5 Å². The first-order valence-electron chi connectivity index (χ1n) is 5.24. The van der Waals surface area contributed by atoms with Crippen LogP contribution in [-0.2, 0) is 0 Å². The normalized spacial score (nSPS) is 11.2. The molecule has 0 aliphatic heterocycles. The molecule has 22 heavy (non-hydrogen) atoms. The number of hydrogen-bond donors (Lipinski definition) is 0. The second-order valence-electron chi connectivity index (χ2n) is 3.99. The zero-order valence-electron chi connectivity index (χ0n) is 9.98. The number of halogens is 9. The van der Waals surface area contributed by atoms with E-state index in [0.717, 1.165) is 0 Å². The van der Waals surface area contributed by atoms with Gasteiger partial charge in [0.05, 0.1) is 11.1 Å². The average Bonchev–Trinajstić information content (AvgIpc) is 2.50. The SMILES string of the molecule is Fc1c(F)c(F)c(-c2c(F)c(F)c(F)c(P)c2F)c(F)c1F. The molecule has 0 fully saturated rings. The van der Waals surface area contributed by atoms with Crippen LogP contribution in [0, 0.1) is 52.4 Å². The molecule has 10 heteroatoms. The van der Waals surface area contributed by atoms with E-state index < -0.39 is 68.8 Å². The Morgan fingerprint density at radius 1 is 0.364 bits per heavy atom. The molecule has 0 amide bonds. The van der Waals surface area contributed by atoms with Crippen molar-refractivity contribution in [3.05, 3.63) is 52.4 Å². The van der Waals surface area contributed by atoms with Crippen molar-refractivity contribution in [2.45, 2.75) is 0 Å². The quantitative estimate of drug-likeness (QED) is 0.315. The molecule has 2 rings (SSSR count). The summed E-state index contributed by atoms with van der Waals surface area (Å²) >= 11 is 0. The molecule has 1 atom stereocenters. The summed E-state index contributed by atoms with van der Waals surface area (Å²) in [6.07, 6.45) is 0. The molecule has 0 heterocycles. The first-order valence-corrected chi connectivity index (χ1v) is 5.82. The zero-order chi connectivity index (χ0) is 16.9. The summed E-state index contributed by atoms with van der Waals surface area (Å²) in [5.41, 5.74) is -3.94. The Morgan fingerprint density at radius 3 is 1.05 bits per heavy atom. The molecule has 0 bridgehead atoms. The fraction of sp³-hybridized carbons (Fsp3) is 0. The Bertz CT molecular complexity index is 675. The highest BCUT2D eigenvalue weighted by molar-refractivity contribution is 7.27. The summed E-state index contributed by atoms with van der Waals surface area (Å²) < 4.78 is 120. The van der Waals surface area contributed by atoms with Crippen molar-refractivity contribution in [1.29, 1.82) is 0 Å². The molecule has 0 N–H and O–H groups in total. The lowest BCUT2D eigenvalue weighted by atomic mass is 10.0. The second kappa shape index (κ2) is 5.46. The van der Waals surface area contributed by atoms with Crippen molar-refractivity contribution in [2.24, 2.45) is 0 Å². The van der Waals surface area contributed by atoms with Gasteiger partial charge >= 0.3 is 0 Å². The summed E-state index contributed by atoms with van der Waals surface area (Å²) in [5, 5.41) is -1.27. The van der Waals surface area contributed by atoms with Crippen LogP contribution in [0.2, 0.25) is 0 Å². The lowest BCUT2D eigenvalue weighted by Crippen LogP contribution is -2.15. The van der Waals surface area contributed by atoms with Crippen LogP contribution in [0.5, 0.6) is 0 Å². The van der Waals surface area contributed by atoms with Crippen LogP contribution in [0.3, 0.4) is 0 Å². The summed E-state index contributed by atoms with van der Waals surface area (Å²) in [6, 6.07) is 0. The first-order chi connectivity index (χ1) is 10.1. The van der Waals surface area contributed by atoms with Gasteiger partial charge in [0.1, 0.15) is 5.82 Å². The lowest BCUT2D eigenvalue weighted by molar-refractivity contribution is 0.379. The van der Waals surface area contributed by atoms with Crippen molar-refractivity contribution in [2.75, 3.05) is 0 Å². The Hall–Kier alpha value is -1.76. The minimum absolute atomic E-state index is 1.27. The van der Waals surface area contributed by atoms with Gasteiger partial charge in [0.2, 0.25) is 5.82 Å². The molecule has 118 valence electrons. The van der Waals surface area contributed by atoms with E-state index >= 15 is 0 Å².